The maximum absolute atomic E-state index is 6.13. The van der Waals surface area contributed by atoms with Gasteiger partial charge in [0.1, 0.15) is 5.75 Å². The molecule has 0 unspecified atom stereocenters. The fraction of sp³-hybridized carbons (Fsp3) is 0.625. The normalized spacial score (nSPS) is 22.3. The molecule has 0 spiro atoms. The number of hydrogen-bond donors (Lipinski definition) is 1. The Morgan fingerprint density at radius 3 is 2.78 bits per heavy atom. The van der Waals surface area contributed by atoms with Crippen molar-refractivity contribution in [2.75, 3.05) is 11.9 Å². The zero-order valence-corrected chi connectivity index (χ0v) is 11.5. The van der Waals surface area contributed by atoms with Gasteiger partial charge in [-0.25, -0.2) is 0 Å². The van der Waals surface area contributed by atoms with Crippen LogP contribution in [-0.4, -0.2) is 12.6 Å². The van der Waals surface area contributed by atoms with Crippen LogP contribution in [-0.2, 0) is 6.42 Å². The van der Waals surface area contributed by atoms with Gasteiger partial charge in [-0.1, -0.05) is 19.9 Å². The van der Waals surface area contributed by atoms with Crippen molar-refractivity contribution in [3.05, 3.63) is 23.8 Å². The van der Waals surface area contributed by atoms with Crippen LogP contribution in [0.3, 0.4) is 0 Å². The second kappa shape index (κ2) is 4.49. The molecule has 1 aliphatic heterocycles. The Labute approximate surface area is 110 Å². The van der Waals surface area contributed by atoms with Crippen LogP contribution in [0.4, 0.5) is 5.69 Å². The van der Waals surface area contributed by atoms with Crippen molar-refractivity contribution in [1.29, 1.82) is 0 Å². The molecule has 0 amide bonds. The highest BCUT2D eigenvalue weighted by atomic mass is 16.5. The Hall–Kier alpha value is -1.18. The van der Waals surface area contributed by atoms with E-state index in [-0.39, 0.29) is 0 Å². The summed E-state index contributed by atoms with van der Waals surface area (Å²) >= 11 is 0. The Balaban J connectivity index is 1.63. The molecule has 1 saturated carbocycles. The average Bonchev–Trinajstić information content (AvgIpc) is 2.79. The SMILES string of the molecule is CC1(C)CCC(Oc2ccc3c(c2)NCC3)CC1. The van der Waals surface area contributed by atoms with Gasteiger partial charge < -0.3 is 10.1 Å². The van der Waals surface area contributed by atoms with Gasteiger partial charge in [0.15, 0.2) is 0 Å². The minimum absolute atomic E-state index is 0.414. The van der Waals surface area contributed by atoms with E-state index in [4.69, 9.17) is 4.74 Å². The molecule has 98 valence electrons. The smallest absolute Gasteiger partial charge is 0.121 e. The van der Waals surface area contributed by atoms with Crippen molar-refractivity contribution in [1.82, 2.24) is 0 Å². The van der Waals surface area contributed by atoms with Gasteiger partial charge in [-0.15, -0.1) is 0 Å². The van der Waals surface area contributed by atoms with Gasteiger partial charge >= 0.3 is 0 Å². The van der Waals surface area contributed by atoms with E-state index in [0.29, 0.717) is 11.5 Å². The minimum Gasteiger partial charge on any atom is -0.490 e. The van der Waals surface area contributed by atoms with Crippen LogP contribution in [0.2, 0.25) is 0 Å². The van der Waals surface area contributed by atoms with Crippen LogP contribution in [0.1, 0.15) is 45.1 Å². The van der Waals surface area contributed by atoms with Crippen molar-refractivity contribution in [3.63, 3.8) is 0 Å². The maximum atomic E-state index is 6.13. The average molecular weight is 245 g/mol. The lowest BCUT2D eigenvalue weighted by molar-refractivity contribution is 0.0988. The lowest BCUT2D eigenvalue weighted by Gasteiger charge is -2.34. The summed E-state index contributed by atoms with van der Waals surface area (Å²) in [6.07, 6.45) is 6.50. The van der Waals surface area contributed by atoms with Crippen LogP contribution >= 0.6 is 0 Å². The van der Waals surface area contributed by atoms with E-state index in [1.54, 1.807) is 0 Å². The molecule has 0 saturated heterocycles. The number of fused-ring (bicyclic) bond motifs is 1. The molecule has 2 heteroatoms. The van der Waals surface area contributed by atoms with Crippen LogP contribution in [0.5, 0.6) is 5.75 Å². The standard InChI is InChI=1S/C16H23NO/c1-16(2)8-5-13(6-9-16)18-14-4-3-12-7-10-17-15(12)11-14/h3-4,11,13,17H,5-10H2,1-2H3. The van der Waals surface area contributed by atoms with Gasteiger partial charge in [-0.3, -0.25) is 0 Å². The van der Waals surface area contributed by atoms with E-state index >= 15 is 0 Å². The van der Waals surface area contributed by atoms with Gasteiger partial charge in [-0.2, -0.15) is 0 Å². The molecule has 1 fully saturated rings. The molecule has 3 rings (SSSR count). The summed E-state index contributed by atoms with van der Waals surface area (Å²) in [6.45, 7) is 5.79. The van der Waals surface area contributed by atoms with E-state index in [9.17, 15) is 0 Å². The number of rotatable bonds is 2. The molecule has 0 aromatic heterocycles. The molecule has 0 radical (unpaired) electrons. The van der Waals surface area contributed by atoms with E-state index in [2.05, 4.69) is 37.4 Å². The molecule has 18 heavy (non-hydrogen) atoms. The second-order valence-corrected chi connectivity index (χ2v) is 6.48. The van der Waals surface area contributed by atoms with Gasteiger partial charge in [0, 0.05) is 18.3 Å². The van der Waals surface area contributed by atoms with Crippen LogP contribution in [0, 0.1) is 5.41 Å². The third kappa shape index (κ3) is 2.47. The summed E-state index contributed by atoms with van der Waals surface area (Å²) in [5.74, 6) is 1.04. The monoisotopic (exact) mass is 245 g/mol. The number of nitrogens with one attached hydrogen (secondary N) is 1. The molecular weight excluding hydrogens is 222 g/mol. The molecule has 0 bridgehead atoms. The molecule has 2 aliphatic rings. The third-order valence-electron chi connectivity index (χ3n) is 4.38. The number of ether oxygens (including phenoxy) is 1. The quantitative estimate of drug-likeness (QED) is 0.850. The van der Waals surface area contributed by atoms with Gasteiger partial charge in [-0.05, 0) is 49.1 Å². The summed E-state index contributed by atoms with van der Waals surface area (Å²) < 4.78 is 6.13. The van der Waals surface area contributed by atoms with Crippen molar-refractivity contribution in [2.24, 2.45) is 5.41 Å². The van der Waals surface area contributed by atoms with Crippen LogP contribution in [0.15, 0.2) is 18.2 Å². The van der Waals surface area contributed by atoms with Gasteiger partial charge in [0.05, 0.1) is 6.10 Å². The minimum atomic E-state index is 0.414. The Morgan fingerprint density at radius 1 is 1.22 bits per heavy atom. The largest absolute Gasteiger partial charge is 0.490 e. The summed E-state index contributed by atoms with van der Waals surface area (Å²) in [5.41, 5.74) is 3.20. The van der Waals surface area contributed by atoms with Crippen LogP contribution in [0.25, 0.3) is 0 Å². The first-order valence-electron chi connectivity index (χ1n) is 7.16. The molecule has 2 nitrogen and oxygen atoms in total. The summed E-state index contributed by atoms with van der Waals surface area (Å²) in [5, 5.41) is 3.41. The Bertz CT molecular complexity index is 429. The van der Waals surface area contributed by atoms with E-state index in [1.165, 1.54) is 36.9 Å². The topological polar surface area (TPSA) is 21.3 Å². The first-order chi connectivity index (χ1) is 8.62. The molecule has 1 heterocycles. The van der Waals surface area contributed by atoms with Crippen molar-refractivity contribution in [2.45, 2.75) is 52.1 Å². The highest BCUT2D eigenvalue weighted by molar-refractivity contribution is 5.58. The molecule has 1 aromatic carbocycles. The Kier molecular flexibility index (Phi) is 2.96. The first-order valence-corrected chi connectivity index (χ1v) is 7.16. The lowest BCUT2D eigenvalue weighted by Crippen LogP contribution is -2.28. The Morgan fingerprint density at radius 2 is 2.00 bits per heavy atom. The molecule has 1 aliphatic carbocycles. The summed E-state index contributed by atoms with van der Waals surface area (Å²) in [6, 6.07) is 6.51. The first kappa shape index (κ1) is 11.9. The van der Waals surface area contributed by atoms with Gasteiger partial charge in [0.25, 0.3) is 0 Å². The van der Waals surface area contributed by atoms with Crippen molar-refractivity contribution >= 4 is 5.69 Å². The zero-order chi connectivity index (χ0) is 12.6. The fourth-order valence-electron chi connectivity index (χ4n) is 3.03. The lowest BCUT2D eigenvalue weighted by atomic mass is 9.76. The number of benzene rings is 1. The predicted octanol–water partition coefficient (Wildman–Crippen LogP) is 4.00. The predicted molar refractivity (Wildman–Crippen MR) is 75.3 cm³/mol. The van der Waals surface area contributed by atoms with Gasteiger partial charge in [0.2, 0.25) is 0 Å². The van der Waals surface area contributed by atoms with E-state index in [1.807, 2.05) is 0 Å². The highest BCUT2D eigenvalue weighted by Gasteiger charge is 2.27. The molecule has 0 atom stereocenters. The summed E-state index contributed by atoms with van der Waals surface area (Å²) in [7, 11) is 0. The zero-order valence-electron chi connectivity index (χ0n) is 11.5. The van der Waals surface area contributed by atoms with Crippen molar-refractivity contribution in [3.8, 4) is 5.75 Å². The van der Waals surface area contributed by atoms with E-state index < -0.39 is 0 Å². The highest BCUT2D eigenvalue weighted by Crippen LogP contribution is 2.37. The fourth-order valence-corrected chi connectivity index (χ4v) is 3.03. The molecule has 1 aromatic rings. The molecule has 1 N–H and O–H groups in total. The van der Waals surface area contributed by atoms with Crippen molar-refractivity contribution < 1.29 is 4.74 Å². The van der Waals surface area contributed by atoms with Crippen LogP contribution < -0.4 is 10.1 Å². The summed E-state index contributed by atoms with van der Waals surface area (Å²) in [4.78, 5) is 0. The maximum Gasteiger partial charge on any atom is 0.121 e. The number of anilines is 1. The number of hydrogen-bond acceptors (Lipinski definition) is 2. The second-order valence-electron chi connectivity index (χ2n) is 6.48. The third-order valence-corrected chi connectivity index (χ3v) is 4.38. The molecular formula is C16H23NO. The van der Waals surface area contributed by atoms with E-state index in [0.717, 1.165) is 18.7 Å².